The lowest BCUT2D eigenvalue weighted by Gasteiger charge is -2.36. The number of ether oxygens (including phenoxy) is 1. The van der Waals surface area contributed by atoms with Crippen LogP contribution in [-0.4, -0.2) is 74.1 Å². The van der Waals surface area contributed by atoms with Crippen molar-refractivity contribution in [1.29, 1.82) is 0 Å². The molecule has 202 valence electrons. The first-order valence-corrected chi connectivity index (χ1v) is 13.1. The lowest BCUT2D eigenvalue weighted by molar-refractivity contribution is -0.384. The molecule has 2 aliphatic rings. The molecule has 3 aromatic rings. The Bertz CT molecular complexity index is 1370. The molecule has 5 rings (SSSR count). The molecule has 0 atom stereocenters. The van der Waals surface area contributed by atoms with Crippen LogP contribution in [0.3, 0.4) is 0 Å². The highest BCUT2D eigenvalue weighted by molar-refractivity contribution is 6.33. The molecule has 0 saturated carbocycles. The molecule has 0 radical (unpaired) electrons. The zero-order valence-corrected chi connectivity index (χ0v) is 22.0. The van der Waals surface area contributed by atoms with Crippen LogP contribution >= 0.6 is 11.6 Å². The van der Waals surface area contributed by atoms with E-state index >= 15 is 0 Å². The van der Waals surface area contributed by atoms with Crippen LogP contribution < -0.4 is 15.1 Å². The molecule has 0 aromatic heterocycles. The average molecular weight is 550 g/mol. The molecule has 2 saturated heterocycles. The summed E-state index contributed by atoms with van der Waals surface area (Å²) in [4.78, 5) is 42.7. The zero-order valence-electron chi connectivity index (χ0n) is 21.2. The van der Waals surface area contributed by atoms with Crippen molar-refractivity contribution in [2.45, 2.75) is 0 Å². The normalized spacial score (nSPS) is 15.7. The third-order valence-corrected chi connectivity index (χ3v) is 7.22. The van der Waals surface area contributed by atoms with Crippen LogP contribution in [0.1, 0.15) is 20.7 Å². The number of hydrogen-bond donors (Lipinski definition) is 1. The van der Waals surface area contributed by atoms with Crippen molar-refractivity contribution in [3.8, 4) is 0 Å². The number of benzene rings is 3. The molecule has 0 aliphatic carbocycles. The first-order chi connectivity index (χ1) is 18.9. The summed E-state index contributed by atoms with van der Waals surface area (Å²) in [7, 11) is 0. The van der Waals surface area contributed by atoms with Gasteiger partial charge in [0.2, 0.25) is 0 Å². The van der Waals surface area contributed by atoms with Gasteiger partial charge in [-0.05, 0) is 42.5 Å². The average Bonchev–Trinajstić information content (AvgIpc) is 2.97. The van der Waals surface area contributed by atoms with E-state index in [9.17, 15) is 19.7 Å². The lowest BCUT2D eigenvalue weighted by atomic mass is 10.1. The molecule has 10 nitrogen and oxygen atoms in total. The van der Waals surface area contributed by atoms with Crippen molar-refractivity contribution < 1.29 is 19.2 Å². The molecule has 39 heavy (non-hydrogen) atoms. The number of halogens is 1. The van der Waals surface area contributed by atoms with Gasteiger partial charge >= 0.3 is 0 Å². The number of nitro groups is 1. The second-order valence-electron chi connectivity index (χ2n) is 9.33. The van der Waals surface area contributed by atoms with Crippen LogP contribution in [0.15, 0.2) is 66.7 Å². The van der Waals surface area contributed by atoms with E-state index in [0.717, 1.165) is 5.69 Å². The Kier molecular flexibility index (Phi) is 7.94. The Morgan fingerprint density at radius 1 is 0.821 bits per heavy atom. The molecule has 0 spiro atoms. The monoisotopic (exact) mass is 549 g/mol. The van der Waals surface area contributed by atoms with Gasteiger partial charge < -0.3 is 24.8 Å². The van der Waals surface area contributed by atoms with E-state index in [1.54, 1.807) is 24.3 Å². The number of rotatable bonds is 6. The van der Waals surface area contributed by atoms with Crippen LogP contribution in [0, 0.1) is 10.1 Å². The second kappa shape index (κ2) is 11.7. The van der Waals surface area contributed by atoms with Gasteiger partial charge in [0.05, 0.1) is 28.8 Å². The van der Waals surface area contributed by atoms with E-state index in [2.05, 4.69) is 10.2 Å². The van der Waals surface area contributed by atoms with Crippen LogP contribution in [-0.2, 0) is 4.74 Å². The highest BCUT2D eigenvalue weighted by Gasteiger charge is 2.25. The molecule has 2 aliphatic heterocycles. The van der Waals surface area contributed by atoms with Gasteiger partial charge in [0.1, 0.15) is 5.69 Å². The number of amides is 2. The summed E-state index contributed by atoms with van der Waals surface area (Å²) in [6.07, 6.45) is 0. The van der Waals surface area contributed by atoms with Gasteiger partial charge in [-0.15, -0.1) is 0 Å². The Labute approximate surface area is 230 Å². The Hall–Kier alpha value is -4.15. The van der Waals surface area contributed by atoms with Crippen molar-refractivity contribution in [3.05, 3.63) is 93.0 Å². The fourth-order valence-corrected chi connectivity index (χ4v) is 5.14. The van der Waals surface area contributed by atoms with Crippen LogP contribution in [0.2, 0.25) is 5.02 Å². The number of morpholine rings is 1. The van der Waals surface area contributed by atoms with Crippen molar-refractivity contribution >= 4 is 46.2 Å². The fraction of sp³-hybridized carbons (Fsp3) is 0.286. The number of hydrogen-bond acceptors (Lipinski definition) is 7. The van der Waals surface area contributed by atoms with Crippen molar-refractivity contribution in [2.24, 2.45) is 0 Å². The molecule has 2 heterocycles. The van der Waals surface area contributed by atoms with E-state index in [-0.39, 0.29) is 17.2 Å². The lowest BCUT2D eigenvalue weighted by Crippen LogP contribution is -2.48. The fourth-order valence-electron chi connectivity index (χ4n) is 4.84. The minimum Gasteiger partial charge on any atom is -0.378 e. The molecule has 0 unspecified atom stereocenters. The first kappa shape index (κ1) is 26.5. The number of carbonyl (C=O) groups excluding carboxylic acids is 2. The summed E-state index contributed by atoms with van der Waals surface area (Å²) in [6, 6.07) is 18.9. The Morgan fingerprint density at radius 2 is 1.49 bits per heavy atom. The largest absolute Gasteiger partial charge is 0.378 e. The minimum atomic E-state index is -0.472. The molecule has 2 amide bonds. The van der Waals surface area contributed by atoms with E-state index < -0.39 is 10.8 Å². The third-order valence-electron chi connectivity index (χ3n) is 6.92. The summed E-state index contributed by atoms with van der Waals surface area (Å²) >= 11 is 6.58. The number of nitro benzene ring substituents is 1. The molecule has 2 fully saturated rings. The van der Waals surface area contributed by atoms with E-state index in [1.165, 1.54) is 6.07 Å². The summed E-state index contributed by atoms with van der Waals surface area (Å²) in [5, 5.41) is 15.0. The Balaban J connectivity index is 1.23. The number of piperazine rings is 1. The SMILES string of the molecule is O=C(Nc1ccc(N2CCN(C(=O)c3ccccc3)CC2)c(Cl)c1)c1ccc(N2CCOCC2)c([N+](=O)[O-])c1. The van der Waals surface area contributed by atoms with Crippen molar-refractivity contribution in [1.82, 2.24) is 4.90 Å². The highest BCUT2D eigenvalue weighted by Crippen LogP contribution is 2.32. The van der Waals surface area contributed by atoms with Crippen LogP contribution in [0.25, 0.3) is 0 Å². The number of carbonyl (C=O) groups is 2. The topological polar surface area (TPSA) is 108 Å². The number of anilines is 3. The highest BCUT2D eigenvalue weighted by atomic mass is 35.5. The molecule has 11 heteroatoms. The summed E-state index contributed by atoms with van der Waals surface area (Å²) in [5.41, 5.74) is 2.49. The third kappa shape index (κ3) is 5.97. The number of nitrogens with one attached hydrogen (secondary N) is 1. The second-order valence-corrected chi connectivity index (χ2v) is 9.73. The predicted molar refractivity (Wildman–Crippen MR) is 150 cm³/mol. The zero-order chi connectivity index (χ0) is 27.4. The van der Waals surface area contributed by atoms with E-state index in [0.29, 0.717) is 74.4 Å². The van der Waals surface area contributed by atoms with Gasteiger partial charge in [-0.1, -0.05) is 29.8 Å². The summed E-state index contributed by atoms with van der Waals surface area (Å²) < 4.78 is 5.33. The molecule has 3 aromatic carbocycles. The van der Waals surface area contributed by atoms with Crippen molar-refractivity contribution in [3.63, 3.8) is 0 Å². The van der Waals surface area contributed by atoms with E-state index in [4.69, 9.17) is 16.3 Å². The molecule has 0 bridgehead atoms. The quantitative estimate of drug-likeness (QED) is 0.361. The van der Waals surface area contributed by atoms with Gasteiger partial charge in [-0.3, -0.25) is 19.7 Å². The standard InChI is InChI=1S/C28H28ClN5O5/c29-23-19-22(7-9-24(23)31-10-12-33(13-11-31)28(36)20-4-2-1-3-5-20)30-27(35)21-6-8-25(26(18-21)34(37)38)32-14-16-39-17-15-32/h1-9,18-19H,10-17H2,(H,30,35). The smallest absolute Gasteiger partial charge is 0.293 e. The maximum atomic E-state index is 12.9. The van der Waals surface area contributed by atoms with Crippen LogP contribution in [0.4, 0.5) is 22.7 Å². The Morgan fingerprint density at radius 3 is 2.15 bits per heavy atom. The van der Waals surface area contributed by atoms with E-state index in [1.807, 2.05) is 46.2 Å². The van der Waals surface area contributed by atoms with Gasteiger partial charge in [0.15, 0.2) is 0 Å². The molecular formula is C28H28ClN5O5. The minimum absolute atomic E-state index is 0.0117. The maximum Gasteiger partial charge on any atom is 0.293 e. The first-order valence-electron chi connectivity index (χ1n) is 12.7. The number of nitrogens with zero attached hydrogens (tertiary/aromatic N) is 4. The van der Waals surface area contributed by atoms with Gasteiger partial charge in [-0.25, -0.2) is 0 Å². The summed E-state index contributed by atoms with van der Waals surface area (Å²) in [5.74, 6) is -0.457. The molecular weight excluding hydrogens is 522 g/mol. The van der Waals surface area contributed by atoms with Crippen molar-refractivity contribution in [2.75, 3.05) is 67.6 Å². The predicted octanol–water partition coefficient (Wildman–Crippen LogP) is 4.30. The van der Waals surface area contributed by atoms with Gasteiger partial charge in [-0.2, -0.15) is 0 Å². The maximum absolute atomic E-state index is 12.9. The van der Waals surface area contributed by atoms with Gasteiger partial charge in [0, 0.05) is 62.1 Å². The van der Waals surface area contributed by atoms with Crippen LogP contribution in [0.5, 0.6) is 0 Å². The van der Waals surface area contributed by atoms with Gasteiger partial charge in [0.25, 0.3) is 17.5 Å². The summed E-state index contributed by atoms with van der Waals surface area (Å²) in [6.45, 7) is 4.50. The molecule has 1 N–H and O–H groups in total.